The molecule has 0 heterocycles. The van der Waals surface area contributed by atoms with Crippen molar-refractivity contribution < 1.29 is 19.8 Å². The van der Waals surface area contributed by atoms with Crippen LogP contribution in [0.2, 0.25) is 0 Å². The van der Waals surface area contributed by atoms with Crippen LogP contribution in [0.15, 0.2) is 42.6 Å². The lowest BCUT2D eigenvalue weighted by molar-refractivity contribution is -0.115. The fourth-order valence-corrected chi connectivity index (χ4v) is 2.72. The molecule has 0 saturated heterocycles. The maximum atomic E-state index is 12.2. The van der Waals surface area contributed by atoms with Crippen LogP contribution in [0.1, 0.15) is 33.5 Å². The number of amides is 2. The average molecular weight is 369 g/mol. The molecule has 0 spiro atoms. The summed E-state index contributed by atoms with van der Waals surface area (Å²) in [7, 11) is 0. The van der Waals surface area contributed by atoms with E-state index in [9.17, 15) is 19.8 Å². The number of hydrogen-bond acceptors (Lipinski definition) is 5. The van der Waals surface area contributed by atoms with Crippen molar-refractivity contribution in [2.75, 3.05) is 5.32 Å². The fourth-order valence-electron chi connectivity index (χ4n) is 2.72. The highest BCUT2D eigenvalue weighted by atomic mass is 16.3. The van der Waals surface area contributed by atoms with Crippen LogP contribution in [0, 0.1) is 20.8 Å². The average Bonchev–Trinajstić information content (AvgIpc) is 2.56. The number of hydrazine groups is 1. The summed E-state index contributed by atoms with van der Waals surface area (Å²) in [6, 6.07) is 7.59. The third kappa shape index (κ3) is 5.24. The van der Waals surface area contributed by atoms with Gasteiger partial charge < -0.3 is 21.0 Å². The summed E-state index contributed by atoms with van der Waals surface area (Å²) in [6.07, 6.45) is -0.0470. The highest BCUT2D eigenvalue weighted by Crippen LogP contribution is 2.23. The van der Waals surface area contributed by atoms with Crippen LogP contribution in [0.5, 0.6) is 11.5 Å². The van der Waals surface area contributed by atoms with Gasteiger partial charge in [-0.2, -0.15) is 0 Å². The van der Waals surface area contributed by atoms with E-state index in [0.717, 1.165) is 28.4 Å². The van der Waals surface area contributed by atoms with E-state index in [1.807, 2.05) is 32.9 Å². The lowest BCUT2D eigenvalue weighted by atomic mass is 10.0. The predicted molar refractivity (Wildman–Crippen MR) is 103 cm³/mol. The molecule has 7 heteroatoms. The minimum absolute atomic E-state index is 0.0246. The highest BCUT2D eigenvalue weighted by molar-refractivity contribution is 5.97. The standard InChI is InChI=1S/C20H23N3O4/c1-11-7-12(2)19(13(3)8-11)21-18(26)9-14(4)22-23-20(27)16-6-5-15(24)10-17(16)25/h5-8,10,22,24-25H,4,9H2,1-3H3,(H,21,26)(H,23,27). The van der Waals surface area contributed by atoms with Gasteiger partial charge in [0.25, 0.3) is 5.91 Å². The largest absolute Gasteiger partial charge is 0.508 e. The maximum absolute atomic E-state index is 12.2. The number of rotatable bonds is 6. The summed E-state index contributed by atoms with van der Waals surface area (Å²) >= 11 is 0. The van der Waals surface area contributed by atoms with Gasteiger partial charge in [-0.15, -0.1) is 0 Å². The summed E-state index contributed by atoms with van der Waals surface area (Å²) in [4.78, 5) is 24.2. The molecule has 0 aromatic heterocycles. The third-order valence-corrected chi connectivity index (χ3v) is 3.89. The molecule has 27 heavy (non-hydrogen) atoms. The molecule has 0 radical (unpaired) electrons. The van der Waals surface area contributed by atoms with Gasteiger partial charge in [0, 0.05) is 17.5 Å². The van der Waals surface area contributed by atoms with E-state index in [1.54, 1.807) is 0 Å². The van der Waals surface area contributed by atoms with Crippen LogP contribution in [-0.4, -0.2) is 22.0 Å². The van der Waals surface area contributed by atoms with E-state index >= 15 is 0 Å². The number of nitrogens with one attached hydrogen (secondary N) is 3. The summed E-state index contributed by atoms with van der Waals surface area (Å²) in [5, 5.41) is 21.8. The first-order valence-electron chi connectivity index (χ1n) is 8.31. The van der Waals surface area contributed by atoms with Crippen LogP contribution in [-0.2, 0) is 4.79 Å². The molecular weight excluding hydrogens is 346 g/mol. The quantitative estimate of drug-likeness (QED) is 0.503. The molecule has 2 aromatic carbocycles. The van der Waals surface area contributed by atoms with Crippen molar-refractivity contribution in [2.45, 2.75) is 27.2 Å². The van der Waals surface area contributed by atoms with Crippen LogP contribution in [0.3, 0.4) is 0 Å². The minimum Gasteiger partial charge on any atom is -0.508 e. The van der Waals surface area contributed by atoms with Crippen LogP contribution >= 0.6 is 0 Å². The van der Waals surface area contributed by atoms with Gasteiger partial charge in [0.2, 0.25) is 5.91 Å². The number of aryl methyl sites for hydroxylation is 3. The second-order valence-corrected chi connectivity index (χ2v) is 6.38. The molecule has 2 rings (SSSR count). The number of phenols is 2. The van der Waals surface area contributed by atoms with Gasteiger partial charge in [0.1, 0.15) is 11.5 Å². The van der Waals surface area contributed by atoms with Crippen LogP contribution in [0.25, 0.3) is 0 Å². The van der Waals surface area contributed by atoms with Gasteiger partial charge in [0.15, 0.2) is 0 Å². The monoisotopic (exact) mass is 369 g/mol. The van der Waals surface area contributed by atoms with Gasteiger partial charge >= 0.3 is 0 Å². The van der Waals surface area contributed by atoms with Gasteiger partial charge in [-0.3, -0.25) is 15.0 Å². The van der Waals surface area contributed by atoms with E-state index in [1.165, 1.54) is 12.1 Å². The third-order valence-electron chi connectivity index (χ3n) is 3.89. The van der Waals surface area contributed by atoms with E-state index in [2.05, 4.69) is 22.7 Å². The molecule has 0 bridgehead atoms. The van der Waals surface area contributed by atoms with Crippen LogP contribution in [0.4, 0.5) is 5.69 Å². The molecule has 5 N–H and O–H groups in total. The van der Waals surface area contributed by atoms with Crippen molar-refractivity contribution in [1.29, 1.82) is 0 Å². The Morgan fingerprint density at radius 1 is 1.00 bits per heavy atom. The fraction of sp³-hybridized carbons (Fsp3) is 0.200. The van der Waals surface area contributed by atoms with Crippen molar-refractivity contribution in [2.24, 2.45) is 0 Å². The Labute approximate surface area is 157 Å². The lowest BCUT2D eigenvalue weighted by Gasteiger charge is -2.15. The van der Waals surface area contributed by atoms with Gasteiger partial charge in [0.05, 0.1) is 12.0 Å². The number of hydrogen-bond donors (Lipinski definition) is 5. The molecule has 2 aromatic rings. The second-order valence-electron chi connectivity index (χ2n) is 6.38. The molecule has 0 aliphatic heterocycles. The zero-order valence-electron chi connectivity index (χ0n) is 15.5. The molecule has 0 saturated carbocycles. The van der Waals surface area contributed by atoms with E-state index in [4.69, 9.17) is 0 Å². The SMILES string of the molecule is C=C(CC(=O)Nc1c(C)cc(C)cc1C)NNC(=O)c1ccc(O)cc1O. The summed E-state index contributed by atoms with van der Waals surface area (Å²) in [6.45, 7) is 9.55. The summed E-state index contributed by atoms with van der Waals surface area (Å²) in [5.41, 5.74) is 8.97. The Morgan fingerprint density at radius 3 is 2.22 bits per heavy atom. The zero-order valence-corrected chi connectivity index (χ0v) is 15.5. The number of carbonyl (C=O) groups is 2. The molecule has 0 fully saturated rings. The Kier molecular flexibility index (Phi) is 6.07. The molecule has 0 atom stereocenters. The van der Waals surface area contributed by atoms with Crippen molar-refractivity contribution in [3.05, 3.63) is 64.9 Å². The molecule has 7 nitrogen and oxygen atoms in total. The van der Waals surface area contributed by atoms with Crippen molar-refractivity contribution in [1.82, 2.24) is 10.9 Å². The Morgan fingerprint density at radius 2 is 1.63 bits per heavy atom. The first-order valence-corrected chi connectivity index (χ1v) is 8.31. The smallest absolute Gasteiger partial charge is 0.273 e. The number of carbonyl (C=O) groups excluding carboxylic acids is 2. The van der Waals surface area contributed by atoms with Gasteiger partial charge in [-0.1, -0.05) is 24.3 Å². The minimum atomic E-state index is -0.626. The first-order chi connectivity index (χ1) is 12.7. The van der Waals surface area contributed by atoms with Crippen molar-refractivity contribution in [3.8, 4) is 11.5 Å². The zero-order chi connectivity index (χ0) is 20.1. The number of anilines is 1. The number of phenolic OH excluding ortho intramolecular Hbond substituents is 2. The van der Waals surface area contributed by atoms with Crippen molar-refractivity contribution >= 4 is 17.5 Å². The lowest BCUT2D eigenvalue weighted by Crippen LogP contribution is -2.37. The first kappa shape index (κ1) is 19.8. The van der Waals surface area contributed by atoms with E-state index in [0.29, 0.717) is 0 Å². The predicted octanol–water partition coefficient (Wildman–Crippen LogP) is 2.80. The normalized spacial score (nSPS) is 10.2. The summed E-state index contributed by atoms with van der Waals surface area (Å²) < 4.78 is 0. The molecule has 0 unspecified atom stereocenters. The maximum Gasteiger partial charge on any atom is 0.273 e. The number of aromatic hydroxyl groups is 2. The van der Waals surface area contributed by atoms with Crippen molar-refractivity contribution in [3.63, 3.8) is 0 Å². The Balaban J connectivity index is 1.90. The molecule has 142 valence electrons. The number of benzene rings is 2. The topological polar surface area (TPSA) is 111 Å². The Hall–Kier alpha value is -3.48. The van der Waals surface area contributed by atoms with E-state index < -0.39 is 5.91 Å². The molecule has 0 aliphatic rings. The molecule has 2 amide bonds. The summed E-state index contributed by atoms with van der Waals surface area (Å²) in [5.74, 6) is -1.41. The van der Waals surface area contributed by atoms with Gasteiger partial charge in [-0.05, 0) is 44.0 Å². The molecule has 0 aliphatic carbocycles. The Bertz CT molecular complexity index is 883. The highest BCUT2D eigenvalue weighted by Gasteiger charge is 2.13. The molecular formula is C20H23N3O4. The van der Waals surface area contributed by atoms with Crippen LogP contribution < -0.4 is 16.2 Å². The second kappa shape index (κ2) is 8.27. The van der Waals surface area contributed by atoms with Gasteiger partial charge in [-0.25, -0.2) is 0 Å². The van der Waals surface area contributed by atoms with E-state index in [-0.39, 0.29) is 35.1 Å².